The molecule has 0 aliphatic rings. The van der Waals surface area contributed by atoms with Gasteiger partial charge in [-0.25, -0.2) is 8.78 Å². The third kappa shape index (κ3) is 3.71. The predicted molar refractivity (Wildman–Crippen MR) is 54.7 cm³/mol. The van der Waals surface area contributed by atoms with Crippen molar-refractivity contribution in [1.82, 2.24) is 10.1 Å². The van der Waals surface area contributed by atoms with E-state index in [1.165, 1.54) is 0 Å². The van der Waals surface area contributed by atoms with Gasteiger partial charge < -0.3 is 14.4 Å². The van der Waals surface area contributed by atoms with Crippen molar-refractivity contribution in [1.29, 1.82) is 0 Å². The molecule has 1 atom stereocenters. The Morgan fingerprint density at radius 1 is 1.47 bits per heavy atom. The molecule has 5 nitrogen and oxygen atoms in total. The standard InChI is InChI=1S/C10H16F2N2O3/c1-4-16-10(2,3)9-13-7(17-14-9)5-6(15)8(11)12/h6,8,15H,4-5H2,1-3H3. The fourth-order valence-corrected chi connectivity index (χ4v) is 1.28. The quantitative estimate of drug-likeness (QED) is 0.828. The molecule has 1 N–H and O–H groups in total. The molecule has 1 aromatic rings. The van der Waals surface area contributed by atoms with Crippen LogP contribution >= 0.6 is 0 Å². The van der Waals surface area contributed by atoms with Gasteiger partial charge in [-0.1, -0.05) is 5.16 Å². The lowest BCUT2D eigenvalue weighted by Crippen LogP contribution is -2.24. The van der Waals surface area contributed by atoms with Crippen molar-refractivity contribution in [3.8, 4) is 0 Å². The molecule has 1 aromatic heterocycles. The molecule has 0 saturated carbocycles. The second-order valence-electron chi connectivity index (χ2n) is 4.06. The van der Waals surface area contributed by atoms with Gasteiger partial charge in [0.25, 0.3) is 6.43 Å². The summed E-state index contributed by atoms with van der Waals surface area (Å²) in [5.74, 6) is 0.247. The maximum absolute atomic E-state index is 12.1. The average molecular weight is 250 g/mol. The van der Waals surface area contributed by atoms with Gasteiger partial charge in [0.05, 0.1) is 6.42 Å². The normalized spacial score (nSPS) is 14.3. The van der Waals surface area contributed by atoms with Crippen LogP contribution in [0.4, 0.5) is 8.78 Å². The van der Waals surface area contributed by atoms with Gasteiger partial charge in [-0.15, -0.1) is 0 Å². The molecule has 0 aliphatic carbocycles. The molecular weight excluding hydrogens is 234 g/mol. The number of aliphatic hydroxyl groups excluding tert-OH is 1. The summed E-state index contributed by atoms with van der Waals surface area (Å²) >= 11 is 0. The van der Waals surface area contributed by atoms with Gasteiger partial charge in [0.2, 0.25) is 11.7 Å². The molecule has 0 aliphatic heterocycles. The molecule has 1 heterocycles. The van der Waals surface area contributed by atoms with Gasteiger partial charge in [-0.3, -0.25) is 0 Å². The van der Waals surface area contributed by atoms with Gasteiger partial charge in [0.1, 0.15) is 11.7 Å². The number of rotatable bonds is 6. The van der Waals surface area contributed by atoms with Crippen LogP contribution in [0.15, 0.2) is 4.52 Å². The van der Waals surface area contributed by atoms with Crippen molar-refractivity contribution < 1.29 is 23.1 Å². The van der Waals surface area contributed by atoms with Crippen LogP contribution < -0.4 is 0 Å². The zero-order chi connectivity index (χ0) is 13.1. The first-order chi connectivity index (χ1) is 7.86. The number of hydrogen-bond acceptors (Lipinski definition) is 5. The molecule has 0 spiro atoms. The Hall–Kier alpha value is -1.08. The van der Waals surface area contributed by atoms with E-state index < -0.39 is 18.1 Å². The highest BCUT2D eigenvalue weighted by atomic mass is 19.3. The first kappa shape index (κ1) is 14.0. The number of aliphatic hydroxyl groups is 1. The molecule has 0 fully saturated rings. The Kier molecular flexibility index (Phi) is 4.53. The molecule has 1 unspecified atom stereocenters. The first-order valence-corrected chi connectivity index (χ1v) is 5.30. The van der Waals surface area contributed by atoms with Crippen LogP contribution in [0.25, 0.3) is 0 Å². The molecule has 0 amide bonds. The van der Waals surface area contributed by atoms with E-state index in [1.807, 2.05) is 6.92 Å². The maximum Gasteiger partial charge on any atom is 0.264 e. The van der Waals surface area contributed by atoms with E-state index in [-0.39, 0.29) is 18.1 Å². The van der Waals surface area contributed by atoms with Crippen molar-refractivity contribution in [3.63, 3.8) is 0 Å². The minimum Gasteiger partial charge on any atom is -0.387 e. The highest BCUT2D eigenvalue weighted by Crippen LogP contribution is 2.22. The van der Waals surface area contributed by atoms with E-state index in [4.69, 9.17) is 14.4 Å². The number of hydrogen-bond donors (Lipinski definition) is 1. The van der Waals surface area contributed by atoms with E-state index in [9.17, 15) is 8.78 Å². The molecule has 98 valence electrons. The van der Waals surface area contributed by atoms with E-state index in [0.29, 0.717) is 6.61 Å². The predicted octanol–water partition coefficient (Wildman–Crippen LogP) is 1.51. The maximum atomic E-state index is 12.1. The summed E-state index contributed by atoms with van der Waals surface area (Å²) in [6, 6.07) is 0. The SMILES string of the molecule is CCOC(C)(C)c1noc(CC(O)C(F)F)n1. The largest absolute Gasteiger partial charge is 0.387 e. The number of aromatic nitrogens is 2. The number of nitrogens with zero attached hydrogens (tertiary/aromatic N) is 2. The van der Waals surface area contributed by atoms with Crippen LogP contribution in [0.2, 0.25) is 0 Å². The van der Waals surface area contributed by atoms with Crippen molar-refractivity contribution in [2.75, 3.05) is 6.61 Å². The van der Waals surface area contributed by atoms with Gasteiger partial charge in [-0.05, 0) is 20.8 Å². The summed E-state index contributed by atoms with van der Waals surface area (Å²) in [5.41, 5.74) is -0.744. The van der Waals surface area contributed by atoms with E-state index in [1.54, 1.807) is 13.8 Å². The number of ether oxygens (including phenoxy) is 1. The highest BCUT2D eigenvalue weighted by Gasteiger charge is 2.28. The summed E-state index contributed by atoms with van der Waals surface area (Å²) in [5, 5.41) is 12.6. The summed E-state index contributed by atoms with van der Waals surface area (Å²) in [4.78, 5) is 3.93. The molecule has 0 bridgehead atoms. The third-order valence-electron chi connectivity index (χ3n) is 2.19. The molecule has 17 heavy (non-hydrogen) atoms. The fraction of sp³-hybridized carbons (Fsp3) is 0.800. The number of halogens is 2. The molecule has 0 saturated heterocycles. The molecule has 0 radical (unpaired) electrons. The van der Waals surface area contributed by atoms with Crippen molar-refractivity contribution in [2.24, 2.45) is 0 Å². The molecule has 7 heteroatoms. The molecule has 0 aromatic carbocycles. The Balaban J connectivity index is 2.71. The van der Waals surface area contributed by atoms with E-state index in [2.05, 4.69) is 10.1 Å². The van der Waals surface area contributed by atoms with Gasteiger partial charge in [0, 0.05) is 6.61 Å². The van der Waals surface area contributed by atoms with Crippen LogP contribution in [-0.4, -0.2) is 34.4 Å². The number of alkyl halides is 2. The van der Waals surface area contributed by atoms with E-state index >= 15 is 0 Å². The summed E-state index contributed by atoms with van der Waals surface area (Å²) < 4.78 is 34.4. The summed E-state index contributed by atoms with van der Waals surface area (Å²) in [6.07, 6.45) is -4.99. The second kappa shape index (κ2) is 5.50. The van der Waals surface area contributed by atoms with Gasteiger partial charge in [0.15, 0.2) is 0 Å². The topological polar surface area (TPSA) is 68.4 Å². The van der Waals surface area contributed by atoms with Crippen molar-refractivity contribution in [2.45, 2.75) is 45.3 Å². The first-order valence-electron chi connectivity index (χ1n) is 5.30. The summed E-state index contributed by atoms with van der Waals surface area (Å²) in [7, 11) is 0. The van der Waals surface area contributed by atoms with Crippen LogP contribution in [0.1, 0.15) is 32.5 Å². The molecular formula is C10H16F2N2O3. The highest BCUT2D eigenvalue weighted by molar-refractivity contribution is 4.98. The average Bonchev–Trinajstić information content (AvgIpc) is 2.66. The summed E-state index contributed by atoms with van der Waals surface area (Å²) in [6.45, 7) is 5.78. The Bertz CT molecular complexity index is 355. The zero-order valence-corrected chi connectivity index (χ0v) is 9.98. The Labute approximate surface area is 97.8 Å². The van der Waals surface area contributed by atoms with E-state index in [0.717, 1.165) is 0 Å². The van der Waals surface area contributed by atoms with Crippen LogP contribution in [0.5, 0.6) is 0 Å². The minimum atomic E-state index is -2.83. The fourth-order valence-electron chi connectivity index (χ4n) is 1.28. The zero-order valence-electron chi connectivity index (χ0n) is 9.98. The van der Waals surface area contributed by atoms with Crippen LogP contribution in [0.3, 0.4) is 0 Å². The van der Waals surface area contributed by atoms with Crippen molar-refractivity contribution >= 4 is 0 Å². The van der Waals surface area contributed by atoms with Gasteiger partial charge in [-0.2, -0.15) is 4.98 Å². The van der Waals surface area contributed by atoms with Crippen LogP contribution in [-0.2, 0) is 16.8 Å². The van der Waals surface area contributed by atoms with Crippen molar-refractivity contribution in [3.05, 3.63) is 11.7 Å². The van der Waals surface area contributed by atoms with Crippen LogP contribution in [0, 0.1) is 0 Å². The lowest BCUT2D eigenvalue weighted by molar-refractivity contribution is -0.0221. The second-order valence-corrected chi connectivity index (χ2v) is 4.06. The third-order valence-corrected chi connectivity index (χ3v) is 2.19. The minimum absolute atomic E-state index is 0.0272. The Morgan fingerprint density at radius 3 is 2.65 bits per heavy atom. The molecule has 1 rings (SSSR count). The Morgan fingerprint density at radius 2 is 2.12 bits per heavy atom. The lowest BCUT2D eigenvalue weighted by Gasteiger charge is -2.19. The monoisotopic (exact) mass is 250 g/mol. The smallest absolute Gasteiger partial charge is 0.264 e. The van der Waals surface area contributed by atoms with Gasteiger partial charge >= 0.3 is 0 Å². The lowest BCUT2D eigenvalue weighted by atomic mass is 10.1.